The lowest BCUT2D eigenvalue weighted by Gasteiger charge is -2.24. The summed E-state index contributed by atoms with van der Waals surface area (Å²) < 4.78 is 15.5. The van der Waals surface area contributed by atoms with Crippen LogP contribution in [0.25, 0.3) is 10.8 Å². The number of amides is 1. The summed E-state index contributed by atoms with van der Waals surface area (Å²) in [5.41, 5.74) is 5.91. The van der Waals surface area contributed by atoms with Crippen LogP contribution in [0.15, 0.2) is 47.4 Å². The zero-order chi connectivity index (χ0) is 16.3. The van der Waals surface area contributed by atoms with Crippen molar-refractivity contribution in [3.8, 4) is 0 Å². The maximum atomic E-state index is 12.9. The van der Waals surface area contributed by atoms with E-state index in [-0.39, 0.29) is 11.8 Å². The van der Waals surface area contributed by atoms with E-state index in [1.165, 1.54) is 0 Å². The van der Waals surface area contributed by atoms with Crippen molar-refractivity contribution < 1.29 is 9.00 Å². The van der Waals surface area contributed by atoms with Crippen molar-refractivity contribution in [1.82, 2.24) is 4.72 Å². The molecule has 0 aliphatic rings. The molecule has 22 heavy (non-hydrogen) atoms. The van der Waals surface area contributed by atoms with E-state index in [9.17, 15) is 9.00 Å². The van der Waals surface area contributed by atoms with Crippen molar-refractivity contribution in [3.63, 3.8) is 0 Å². The van der Waals surface area contributed by atoms with Gasteiger partial charge in [0.2, 0.25) is 5.91 Å². The molecule has 6 heteroatoms. The molecule has 120 valence electrons. The van der Waals surface area contributed by atoms with E-state index in [2.05, 4.69) is 4.72 Å². The molecule has 0 spiro atoms. The predicted octanol–water partition coefficient (Wildman–Crippen LogP) is 2.97. The van der Waals surface area contributed by atoms with Gasteiger partial charge in [-0.1, -0.05) is 50.6 Å². The highest BCUT2D eigenvalue weighted by atomic mass is 127. The molecule has 0 radical (unpaired) electrons. The molecule has 0 aliphatic carbocycles. The highest BCUT2D eigenvalue weighted by molar-refractivity contribution is 14.2. The van der Waals surface area contributed by atoms with Crippen molar-refractivity contribution in [2.75, 3.05) is 0 Å². The number of nitrogens with one attached hydrogen (secondary N) is 1. The van der Waals surface area contributed by atoms with Crippen LogP contribution in [-0.2, 0) is 12.1 Å². The lowest BCUT2D eigenvalue weighted by Crippen LogP contribution is -2.47. The summed E-state index contributed by atoms with van der Waals surface area (Å²) in [6.45, 7) is 3.89. The van der Waals surface area contributed by atoms with Gasteiger partial charge in [0.25, 0.3) is 0 Å². The fraction of sp³-hybridized carbons (Fsp3) is 0.312. The standard InChI is InChI=1S/C16H21IN2O2S/c1-3-11(2)15(18)16(20)19-22(17,21)14-9-8-12-6-4-5-7-13(12)10-14/h4-11,15,22H,3,18H2,1-2H3,(H,19,20,21)/t11-,15-/m0/s1. The van der Waals surface area contributed by atoms with E-state index in [4.69, 9.17) is 5.73 Å². The highest BCUT2D eigenvalue weighted by Gasteiger charge is 2.24. The number of benzene rings is 2. The molecule has 0 aliphatic heterocycles. The minimum absolute atomic E-state index is 0.0491. The highest BCUT2D eigenvalue weighted by Crippen LogP contribution is 2.27. The summed E-state index contributed by atoms with van der Waals surface area (Å²) in [6.07, 6.45) is 0.802. The van der Waals surface area contributed by atoms with Crippen molar-refractivity contribution in [3.05, 3.63) is 42.5 Å². The number of nitrogens with two attached hydrogens (primary N) is 1. The van der Waals surface area contributed by atoms with Crippen LogP contribution in [0, 0.1) is 5.92 Å². The van der Waals surface area contributed by atoms with Crippen LogP contribution in [0.3, 0.4) is 0 Å². The summed E-state index contributed by atoms with van der Waals surface area (Å²) in [4.78, 5) is 12.8. The maximum absolute atomic E-state index is 12.9. The molecule has 0 aromatic heterocycles. The molecule has 2 atom stereocenters. The van der Waals surface area contributed by atoms with Gasteiger partial charge in [-0.05, 0) is 28.8 Å². The van der Waals surface area contributed by atoms with Gasteiger partial charge in [-0.25, -0.2) is 0 Å². The van der Waals surface area contributed by atoms with E-state index in [1.54, 1.807) is 6.07 Å². The Bertz CT molecular complexity index is 735. The summed E-state index contributed by atoms with van der Waals surface area (Å²) in [7, 11) is -3.02. The first-order chi connectivity index (χ1) is 10.3. The SMILES string of the molecule is CC[C@H](C)[C@H](N)C(=O)N[SH](=O)(I)c1ccc2ccccc2c1. The van der Waals surface area contributed by atoms with Crippen molar-refractivity contribution >= 4 is 45.2 Å². The van der Waals surface area contributed by atoms with Crippen LogP contribution in [0.2, 0.25) is 0 Å². The van der Waals surface area contributed by atoms with Crippen LogP contribution < -0.4 is 10.5 Å². The van der Waals surface area contributed by atoms with Crippen molar-refractivity contribution in [1.29, 1.82) is 0 Å². The quantitative estimate of drug-likeness (QED) is 0.387. The van der Waals surface area contributed by atoms with Crippen LogP contribution in [0.5, 0.6) is 0 Å². The normalized spacial score (nSPS) is 15.3. The molecule has 0 fully saturated rings. The average molecular weight is 432 g/mol. The minimum atomic E-state index is -3.02. The fourth-order valence-corrected chi connectivity index (χ4v) is 4.90. The molecule has 0 saturated carbocycles. The van der Waals surface area contributed by atoms with E-state index < -0.39 is 13.3 Å². The number of hydrogen-bond acceptors (Lipinski definition) is 3. The molecule has 2 rings (SSSR count). The molecular weight excluding hydrogens is 411 g/mol. The Morgan fingerprint density at radius 1 is 1.27 bits per heavy atom. The van der Waals surface area contributed by atoms with Gasteiger partial charge in [0.05, 0.1) is 6.04 Å². The van der Waals surface area contributed by atoms with Crippen molar-refractivity contribution in [2.45, 2.75) is 31.2 Å². The van der Waals surface area contributed by atoms with Gasteiger partial charge in [-0.2, -0.15) is 0 Å². The Morgan fingerprint density at radius 2 is 1.91 bits per heavy atom. The number of carbonyl (C=O) groups is 1. The van der Waals surface area contributed by atoms with E-state index >= 15 is 0 Å². The zero-order valence-corrected chi connectivity index (χ0v) is 15.7. The van der Waals surface area contributed by atoms with Gasteiger partial charge in [0.1, 0.15) is 0 Å². The fourth-order valence-electron chi connectivity index (χ4n) is 2.15. The number of carbonyl (C=O) groups excluding carboxylic acids is 1. The monoisotopic (exact) mass is 432 g/mol. The first-order valence-corrected chi connectivity index (χ1v) is 11.7. The van der Waals surface area contributed by atoms with E-state index in [1.807, 2.05) is 71.5 Å². The largest absolute Gasteiger partial charge is 0.320 e. The number of thiol groups is 1. The van der Waals surface area contributed by atoms with Crippen LogP contribution >= 0.6 is 21.2 Å². The average Bonchev–Trinajstić information content (AvgIpc) is 2.52. The summed E-state index contributed by atoms with van der Waals surface area (Å²) in [6, 6.07) is 12.8. The molecule has 2 aromatic rings. The summed E-state index contributed by atoms with van der Waals surface area (Å²) >= 11 is 1.83. The lowest BCUT2D eigenvalue weighted by atomic mass is 10.00. The lowest BCUT2D eigenvalue weighted by molar-refractivity contribution is -0.121. The molecule has 1 amide bonds. The van der Waals surface area contributed by atoms with Gasteiger partial charge >= 0.3 is 0 Å². The number of halogens is 1. The molecular formula is C16H21IN2O2S. The Kier molecular flexibility index (Phi) is 5.57. The van der Waals surface area contributed by atoms with E-state index in [0.717, 1.165) is 17.2 Å². The first kappa shape index (κ1) is 17.4. The molecule has 4 nitrogen and oxygen atoms in total. The predicted molar refractivity (Wildman–Crippen MR) is 101 cm³/mol. The number of hydrogen-bond donors (Lipinski definition) is 3. The second-order valence-corrected chi connectivity index (χ2v) is 11.3. The van der Waals surface area contributed by atoms with Gasteiger partial charge in [-0.3, -0.25) is 13.7 Å². The Hall–Kier alpha value is -0.990. The Labute approximate surface area is 144 Å². The van der Waals surface area contributed by atoms with Crippen LogP contribution in [-0.4, -0.2) is 16.2 Å². The topological polar surface area (TPSA) is 72.2 Å². The zero-order valence-electron chi connectivity index (χ0n) is 12.6. The first-order valence-electron chi connectivity index (χ1n) is 7.22. The molecule has 2 aromatic carbocycles. The van der Waals surface area contributed by atoms with Crippen LogP contribution in [0.4, 0.5) is 0 Å². The third-order valence-corrected chi connectivity index (χ3v) is 7.72. The van der Waals surface area contributed by atoms with Gasteiger partial charge in [-0.15, -0.1) is 0 Å². The second kappa shape index (κ2) is 7.06. The number of fused-ring (bicyclic) bond motifs is 1. The number of rotatable bonds is 5. The van der Waals surface area contributed by atoms with Gasteiger partial charge < -0.3 is 5.73 Å². The minimum Gasteiger partial charge on any atom is -0.320 e. The van der Waals surface area contributed by atoms with Crippen molar-refractivity contribution in [2.24, 2.45) is 11.7 Å². The smallest absolute Gasteiger partial charge is 0.248 e. The maximum Gasteiger partial charge on any atom is 0.248 e. The molecule has 0 saturated heterocycles. The summed E-state index contributed by atoms with van der Waals surface area (Å²) in [5.74, 6) is -0.312. The van der Waals surface area contributed by atoms with Crippen LogP contribution in [0.1, 0.15) is 20.3 Å². The molecule has 0 unspecified atom stereocenters. The third kappa shape index (κ3) is 3.85. The second-order valence-electron chi connectivity index (χ2n) is 5.45. The third-order valence-electron chi connectivity index (χ3n) is 3.88. The summed E-state index contributed by atoms with van der Waals surface area (Å²) in [5, 5.41) is 2.07. The molecule has 0 heterocycles. The Morgan fingerprint density at radius 3 is 2.55 bits per heavy atom. The van der Waals surface area contributed by atoms with E-state index in [0.29, 0.717) is 4.90 Å². The Balaban J connectivity index is 2.24. The van der Waals surface area contributed by atoms with Gasteiger partial charge in [0.15, 0.2) is 0 Å². The molecule has 0 bridgehead atoms. The molecule has 3 N–H and O–H groups in total. The van der Waals surface area contributed by atoms with Gasteiger partial charge in [0, 0.05) is 33.4 Å².